The van der Waals surface area contributed by atoms with Crippen molar-refractivity contribution in [3.8, 4) is 0 Å². The van der Waals surface area contributed by atoms with Crippen molar-refractivity contribution in [1.82, 2.24) is 4.98 Å². The topological polar surface area (TPSA) is 37.6 Å². The predicted octanol–water partition coefficient (Wildman–Crippen LogP) is 4.51. The van der Waals surface area contributed by atoms with Crippen molar-refractivity contribution in [1.29, 1.82) is 0 Å². The quantitative estimate of drug-likeness (QED) is 0.300. The molecule has 0 bridgehead atoms. The molecule has 0 aliphatic carbocycles. The summed E-state index contributed by atoms with van der Waals surface area (Å²) in [6, 6.07) is 17.0. The van der Waals surface area contributed by atoms with Gasteiger partial charge in [-0.05, 0) is 77.5 Å². The van der Waals surface area contributed by atoms with E-state index in [1.807, 2.05) is 18.2 Å². The molecular weight excluding hydrogens is 681 g/mol. The standard InChI is InChI=1S/C35H45N3.2BrH.Co/c1-12-27-19-20-30(23(6)7)35(33(27)24(8)9)37-26(11)32-18-14-17-31(38-32)25(10)36-34-28(21(2)3)15-13-16-29(34)22(4)5;;;/h12-24H,1H2,2-11H3;2*1H;/q;;;+2/p-2/b36-25+,37-26+;;;. The van der Waals surface area contributed by atoms with Crippen LogP contribution in [-0.4, -0.2) is 16.4 Å². The monoisotopic (exact) mass is 724 g/mol. The number of pyridine rings is 1. The van der Waals surface area contributed by atoms with Gasteiger partial charge in [-0.25, -0.2) is 4.98 Å². The molecule has 2 aromatic carbocycles. The van der Waals surface area contributed by atoms with E-state index in [2.05, 4.69) is 112 Å². The summed E-state index contributed by atoms with van der Waals surface area (Å²) in [6.45, 7) is 26.0. The zero-order valence-corrected chi connectivity index (χ0v) is 30.4. The molecule has 0 saturated heterocycles. The van der Waals surface area contributed by atoms with Crippen molar-refractivity contribution in [3.05, 3.63) is 94.3 Å². The van der Waals surface area contributed by atoms with Gasteiger partial charge in [-0.2, -0.15) is 0 Å². The average molecular weight is 727 g/mol. The van der Waals surface area contributed by atoms with E-state index in [4.69, 9.17) is 15.0 Å². The molecule has 0 atom stereocenters. The molecule has 1 aromatic heterocycles. The van der Waals surface area contributed by atoms with Gasteiger partial charge in [-0.1, -0.05) is 104 Å². The van der Waals surface area contributed by atoms with Crippen molar-refractivity contribution >= 4 is 28.9 Å². The second-order valence-electron chi connectivity index (χ2n) is 11.4. The molecule has 0 fully saturated rings. The number of nitrogens with zero attached hydrogens (tertiary/aromatic N) is 3. The first-order chi connectivity index (χ1) is 18.0. The smallest absolute Gasteiger partial charge is 1.00 e. The Morgan fingerprint density at radius 1 is 0.634 bits per heavy atom. The van der Waals surface area contributed by atoms with Gasteiger partial charge in [0.25, 0.3) is 0 Å². The number of para-hydroxylation sites is 1. The largest absolute Gasteiger partial charge is 2.00 e. The molecule has 3 aromatic rings. The van der Waals surface area contributed by atoms with E-state index in [1.165, 1.54) is 22.3 Å². The van der Waals surface area contributed by atoms with Gasteiger partial charge in [-0.15, -0.1) is 0 Å². The first-order valence-electron chi connectivity index (χ1n) is 14.0. The molecule has 0 spiro atoms. The van der Waals surface area contributed by atoms with Crippen molar-refractivity contribution in [3.63, 3.8) is 0 Å². The summed E-state index contributed by atoms with van der Waals surface area (Å²) >= 11 is 0. The predicted molar refractivity (Wildman–Crippen MR) is 167 cm³/mol. The molecule has 3 nitrogen and oxygen atoms in total. The summed E-state index contributed by atoms with van der Waals surface area (Å²) in [5, 5.41) is 0. The minimum atomic E-state index is 0. The Kier molecular flexibility index (Phi) is 16.5. The van der Waals surface area contributed by atoms with Crippen molar-refractivity contribution < 1.29 is 50.7 Å². The molecule has 6 heteroatoms. The summed E-state index contributed by atoms with van der Waals surface area (Å²) in [6.07, 6.45) is 1.94. The van der Waals surface area contributed by atoms with Crippen LogP contribution in [0.5, 0.6) is 0 Å². The molecule has 0 amide bonds. The molecule has 0 saturated carbocycles. The Bertz CT molecular complexity index is 1350. The third-order valence-corrected chi connectivity index (χ3v) is 7.09. The second-order valence-corrected chi connectivity index (χ2v) is 11.4. The van der Waals surface area contributed by atoms with E-state index in [9.17, 15) is 0 Å². The summed E-state index contributed by atoms with van der Waals surface area (Å²) in [5.41, 5.74) is 11.9. The van der Waals surface area contributed by atoms with Gasteiger partial charge in [0.1, 0.15) is 0 Å². The van der Waals surface area contributed by atoms with Crippen LogP contribution in [-0.2, 0) is 16.8 Å². The fourth-order valence-electron chi connectivity index (χ4n) is 4.94. The van der Waals surface area contributed by atoms with Gasteiger partial charge < -0.3 is 34.0 Å². The number of hydrogen-bond donors (Lipinski definition) is 0. The zero-order valence-electron chi connectivity index (χ0n) is 26.1. The zero-order chi connectivity index (χ0) is 28.1. The van der Waals surface area contributed by atoms with Crippen LogP contribution in [0, 0.1) is 0 Å². The number of benzene rings is 2. The van der Waals surface area contributed by atoms with Gasteiger partial charge in [0.2, 0.25) is 0 Å². The summed E-state index contributed by atoms with van der Waals surface area (Å²) in [4.78, 5) is 15.4. The molecule has 223 valence electrons. The third kappa shape index (κ3) is 9.31. The Morgan fingerprint density at radius 2 is 1.05 bits per heavy atom. The Balaban J connectivity index is 0.00000533. The van der Waals surface area contributed by atoms with E-state index >= 15 is 0 Å². The van der Waals surface area contributed by atoms with Crippen LogP contribution in [0.15, 0.2) is 65.1 Å². The van der Waals surface area contributed by atoms with E-state index in [0.717, 1.165) is 39.7 Å². The van der Waals surface area contributed by atoms with Crippen molar-refractivity contribution in [2.75, 3.05) is 0 Å². The number of aliphatic imine (C=N–C) groups is 2. The first-order valence-corrected chi connectivity index (χ1v) is 14.0. The molecule has 0 aliphatic rings. The molecule has 3 rings (SSSR count). The van der Waals surface area contributed by atoms with Crippen LogP contribution >= 0.6 is 0 Å². The normalized spacial score (nSPS) is 11.9. The molecule has 0 unspecified atom stereocenters. The Morgan fingerprint density at radius 3 is 1.46 bits per heavy atom. The number of rotatable bonds is 9. The van der Waals surface area contributed by atoms with Crippen LogP contribution in [0.4, 0.5) is 11.4 Å². The summed E-state index contributed by atoms with van der Waals surface area (Å²) in [5.74, 6) is 1.48. The van der Waals surface area contributed by atoms with Gasteiger partial charge in [0.05, 0.1) is 34.2 Å². The number of halogens is 2. The van der Waals surface area contributed by atoms with Crippen molar-refractivity contribution in [2.45, 2.75) is 92.9 Å². The molecule has 41 heavy (non-hydrogen) atoms. The Hall–Kier alpha value is -1.86. The van der Waals surface area contributed by atoms with Gasteiger partial charge >= 0.3 is 16.8 Å². The number of hydrogen-bond acceptors (Lipinski definition) is 3. The average Bonchev–Trinajstić information content (AvgIpc) is 2.87. The molecule has 1 radical (unpaired) electrons. The first kappa shape index (κ1) is 39.1. The maximum absolute atomic E-state index is 5.21. The maximum atomic E-state index is 5.21. The Labute approximate surface area is 280 Å². The summed E-state index contributed by atoms with van der Waals surface area (Å²) in [7, 11) is 0. The van der Waals surface area contributed by atoms with Crippen molar-refractivity contribution in [2.24, 2.45) is 9.98 Å². The third-order valence-electron chi connectivity index (χ3n) is 7.09. The van der Waals surface area contributed by atoms with Crippen LogP contribution < -0.4 is 34.0 Å². The van der Waals surface area contributed by atoms with Gasteiger partial charge in [-0.3, -0.25) is 9.98 Å². The van der Waals surface area contributed by atoms with E-state index < -0.39 is 0 Å². The van der Waals surface area contributed by atoms with Crippen LogP contribution in [0.3, 0.4) is 0 Å². The van der Waals surface area contributed by atoms with E-state index in [1.54, 1.807) is 0 Å². The fraction of sp³-hybridized carbons (Fsp3) is 0.400. The van der Waals surface area contributed by atoms with Crippen LogP contribution in [0.1, 0.15) is 132 Å². The minimum absolute atomic E-state index is 0. The SMILES string of the molecule is C=Cc1ccc(C(C)C)c(/N=C(\C)c2cccc(/C(C)=N/c3c(C(C)C)cccc3C(C)C)n2)c1C(C)C.[Br-].[Br-].[Co+2]. The molecule has 1 heterocycles. The van der Waals surface area contributed by atoms with Crippen LogP contribution in [0.25, 0.3) is 6.08 Å². The second kappa shape index (κ2) is 17.3. The fourth-order valence-corrected chi connectivity index (χ4v) is 4.94. The molecule has 0 aliphatic heterocycles. The minimum Gasteiger partial charge on any atom is -1.00 e. The van der Waals surface area contributed by atoms with E-state index in [0.29, 0.717) is 23.7 Å². The molecule has 0 N–H and O–H groups in total. The van der Waals surface area contributed by atoms with Crippen LogP contribution in [0.2, 0.25) is 0 Å². The van der Waals surface area contributed by atoms with E-state index in [-0.39, 0.29) is 50.7 Å². The number of aromatic nitrogens is 1. The summed E-state index contributed by atoms with van der Waals surface area (Å²) < 4.78 is 0. The maximum Gasteiger partial charge on any atom is 2.00 e. The van der Waals surface area contributed by atoms with Gasteiger partial charge in [0.15, 0.2) is 0 Å². The van der Waals surface area contributed by atoms with Gasteiger partial charge in [0, 0.05) is 0 Å². The molecular formula is C35H45Br2CoN3.